The zero-order valence-electron chi connectivity index (χ0n) is 10.9. The van der Waals surface area contributed by atoms with Crippen molar-refractivity contribution in [2.24, 2.45) is 0 Å². The van der Waals surface area contributed by atoms with Gasteiger partial charge in [0.1, 0.15) is 27.8 Å². The molecule has 1 heterocycles. The summed E-state index contributed by atoms with van der Waals surface area (Å²) in [5.41, 5.74) is 0.955. The summed E-state index contributed by atoms with van der Waals surface area (Å²) in [7, 11) is 3.28. The minimum atomic E-state index is -0.0850. The summed E-state index contributed by atoms with van der Waals surface area (Å²) in [5.74, 6) is 3.23. The Morgan fingerprint density at radius 2 is 1.79 bits per heavy atom. The monoisotopic (exact) mass is 388 g/mol. The minimum Gasteiger partial charge on any atom is -0.496 e. The molecule has 1 atom stereocenters. The molecule has 0 bridgehead atoms. The highest BCUT2D eigenvalue weighted by atomic mass is 79.9. The molecule has 0 saturated heterocycles. The fraction of sp³-hybridized carbons (Fsp3) is 0.286. The molecule has 0 fully saturated rings. The van der Waals surface area contributed by atoms with Crippen LogP contribution in [0.2, 0.25) is 0 Å². The molecule has 3 nitrogen and oxygen atoms in total. The molecule has 0 saturated carbocycles. The van der Waals surface area contributed by atoms with Gasteiger partial charge in [0.05, 0.1) is 18.7 Å². The van der Waals surface area contributed by atoms with Crippen LogP contribution in [0.15, 0.2) is 33.2 Å². The van der Waals surface area contributed by atoms with Crippen molar-refractivity contribution in [1.29, 1.82) is 0 Å². The maximum atomic E-state index is 5.65. The number of furan rings is 1. The molecule has 0 radical (unpaired) electrons. The van der Waals surface area contributed by atoms with E-state index in [4.69, 9.17) is 13.9 Å². The number of hydrogen-bond acceptors (Lipinski definition) is 3. The summed E-state index contributed by atoms with van der Waals surface area (Å²) in [6.07, 6.45) is 0. The van der Waals surface area contributed by atoms with Crippen LogP contribution < -0.4 is 9.47 Å². The van der Waals surface area contributed by atoms with Gasteiger partial charge in [0.15, 0.2) is 0 Å². The molecule has 1 aromatic carbocycles. The van der Waals surface area contributed by atoms with Gasteiger partial charge in [-0.2, -0.15) is 0 Å². The molecule has 2 aromatic rings. The maximum absolute atomic E-state index is 5.65. The molecular formula is C14H14Br2O3. The second kappa shape index (κ2) is 6.01. The van der Waals surface area contributed by atoms with Crippen molar-refractivity contribution in [2.45, 2.75) is 11.8 Å². The number of halogens is 2. The molecule has 0 aliphatic carbocycles. The predicted octanol–water partition coefficient (Wildman–Crippen LogP) is 4.85. The van der Waals surface area contributed by atoms with E-state index in [1.807, 2.05) is 31.2 Å². The molecule has 1 unspecified atom stereocenters. The third-order valence-electron chi connectivity index (χ3n) is 2.79. The number of methoxy groups -OCH3 is 2. The Balaban J connectivity index is 2.48. The van der Waals surface area contributed by atoms with Gasteiger partial charge in [-0.3, -0.25) is 0 Å². The van der Waals surface area contributed by atoms with Gasteiger partial charge in [-0.15, -0.1) is 0 Å². The van der Waals surface area contributed by atoms with Gasteiger partial charge >= 0.3 is 0 Å². The van der Waals surface area contributed by atoms with Crippen LogP contribution in [-0.2, 0) is 0 Å². The predicted molar refractivity (Wildman–Crippen MR) is 81.5 cm³/mol. The van der Waals surface area contributed by atoms with E-state index in [9.17, 15) is 0 Å². The first-order valence-corrected chi connectivity index (χ1v) is 7.39. The third-order valence-corrected chi connectivity index (χ3v) is 4.35. The number of rotatable bonds is 4. The molecule has 2 rings (SSSR count). The van der Waals surface area contributed by atoms with Crippen LogP contribution in [0.4, 0.5) is 0 Å². The second-order valence-electron chi connectivity index (χ2n) is 4.04. The summed E-state index contributed by atoms with van der Waals surface area (Å²) in [6.45, 7) is 1.92. The molecule has 0 aliphatic rings. The number of ether oxygens (including phenoxy) is 2. The highest BCUT2D eigenvalue weighted by Crippen LogP contribution is 2.42. The van der Waals surface area contributed by atoms with Crippen LogP contribution in [0.25, 0.3) is 0 Å². The Morgan fingerprint density at radius 3 is 2.32 bits per heavy atom. The van der Waals surface area contributed by atoms with Gasteiger partial charge in [0.25, 0.3) is 0 Å². The number of aryl methyl sites for hydroxylation is 1. The lowest BCUT2D eigenvalue weighted by Gasteiger charge is -2.15. The fourth-order valence-electron chi connectivity index (χ4n) is 1.83. The summed E-state index contributed by atoms with van der Waals surface area (Å²) in [6, 6.07) is 7.70. The Kier molecular flexibility index (Phi) is 4.58. The Morgan fingerprint density at radius 1 is 1.11 bits per heavy atom. The summed E-state index contributed by atoms with van der Waals surface area (Å²) in [4.78, 5) is -0.0850. The highest BCUT2D eigenvalue weighted by Gasteiger charge is 2.20. The van der Waals surface area contributed by atoms with Crippen LogP contribution in [0.1, 0.15) is 21.9 Å². The first kappa shape index (κ1) is 14.5. The summed E-state index contributed by atoms with van der Waals surface area (Å²) < 4.78 is 17.2. The van der Waals surface area contributed by atoms with E-state index >= 15 is 0 Å². The van der Waals surface area contributed by atoms with Crippen molar-refractivity contribution in [2.75, 3.05) is 14.2 Å². The van der Waals surface area contributed by atoms with E-state index in [0.29, 0.717) is 0 Å². The second-order valence-corrected chi connectivity index (χ2v) is 5.81. The van der Waals surface area contributed by atoms with Crippen molar-refractivity contribution >= 4 is 31.9 Å². The van der Waals surface area contributed by atoms with Crippen molar-refractivity contribution in [3.8, 4) is 11.5 Å². The van der Waals surface area contributed by atoms with Gasteiger partial charge in [0, 0.05) is 5.56 Å². The van der Waals surface area contributed by atoms with Crippen molar-refractivity contribution in [3.63, 3.8) is 0 Å². The SMILES string of the molecule is COc1cc(C(Br)c2ccc(C)o2)c(OC)cc1Br. The van der Waals surface area contributed by atoms with Crippen molar-refractivity contribution in [1.82, 2.24) is 0 Å². The van der Waals surface area contributed by atoms with E-state index in [2.05, 4.69) is 31.9 Å². The number of alkyl halides is 1. The lowest BCUT2D eigenvalue weighted by atomic mass is 10.1. The Hall–Kier alpha value is -0.940. The zero-order chi connectivity index (χ0) is 14.0. The standard InChI is InChI=1S/C14H14Br2O3/c1-8-4-5-11(19-8)14(16)9-6-13(18-3)10(15)7-12(9)17-2/h4-7,14H,1-3H3. The van der Waals surface area contributed by atoms with Crippen LogP contribution in [0.5, 0.6) is 11.5 Å². The van der Waals surface area contributed by atoms with Gasteiger partial charge < -0.3 is 13.9 Å². The topological polar surface area (TPSA) is 31.6 Å². The normalized spacial score (nSPS) is 12.3. The molecule has 5 heteroatoms. The molecule has 0 aliphatic heterocycles. The van der Waals surface area contributed by atoms with E-state index in [-0.39, 0.29) is 4.83 Å². The molecule has 0 N–H and O–H groups in total. The quantitative estimate of drug-likeness (QED) is 0.700. The van der Waals surface area contributed by atoms with Crippen LogP contribution >= 0.6 is 31.9 Å². The Bertz CT molecular complexity index is 578. The smallest absolute Gasteiger partial charge is 0.133 e. The van der Waals surface area contributed by atoms with Crippen molar-refractivity contribution in [3.05, 3.63) is 45.8 Å². The molecule has 0 spiro atoms. The minimum absolute atomic E-state index is 0.0850. The highest BCUT2D eigenvalue weighted by molar-refractivity contribution is 9.10. The molecule has 19 heavy (non-hydrogen) atoms. The third kappa shape index (κ3) is 2.98. The lowest BCUT2D eigenvalue weighted by molar-refractivity contribution is 0.395. The number of benzene rings is 1. The zero-order valence-corrected chi connectivity index (χ0v) is 14.0. The molecule has 1 aromatic heterocycles. The average Bonchev–Trinajstić information content (AvgIpc) is 2.84. The van der Waals surface area contributed by atoms with Crippen LogP contribution in [-0.4, -0.2) is 14.2 Å². The first-order valence-electron chi connectivity index (χ1n) is 5.68. The van der Waals surface area contributed by atoms with Crippen LogP contribution in [0.3, 0.4) is 0 Å². The molecule has 102 valence electrons. The largest absolute Gasteiger partial charge is 0.496 e. The maximum Gasteiger partial charge on any atom is 0.133 e. The summed E-state index contributed by atoms with van der Waals surface area (Å²) in [5, 5.41) is 0. The lowest BCUT2D eigenvalue weighted by Crippen LogP contribution is -1.98. The van der Waals surface area contributed by atoms with Gasteiger partial charge in [-0.25, -0.2) is 0 Å². The average molecular weight is 390 g/mol. The van der Waals surface area contributed by atoms with Gasteiger partial charge in [0.2, 0.25) is 0 Å². The van der Waals surface area contributed by atoms with Gasteiger partial charge in [-0.1, -0.05) is 15.9 Å². The van der Waals surface area contributed by atoms with E-state index in [1.165, 1.54) is 0 Å². The van der Waals surface area contributed by atoms with E-state index in [0.717, 1.165) is 33.1 Å². The van der Waals surface area contributed by atoms with Gasteiger partial charge in [-0.05, 0) is 47.1 Å². The Labute approximate surface area is 129 Å². The van der Waals surface area contributed by atoms with Crippen molar-refractivity contribution < 1.29 is 13.9 Å². The van der Waals surface area contributed by atoms with E-state index < -0.39 is 0 Å². The van der Waals surface area contributed by atoms with E-state index in [1.54, 1.807) is 14.2 Å². The fourth-order valence-corrected chi connectivity index (χ4v) is 2.91. The molecule has 0 amide bonds. The van der Waals surface area contributed by atoms with Crippen LogP contribution in [0, 0.1) is 6.92 Å². The number of hydrogen-bond donors (Lipinski definition) is 0. The molecular weight excluding hydrogens is 376 g/mol. The summed E-state index contributed by atoms with van der Waals surface area (Å²) >= 11 is 7.09. The first-order chi connectivity index (χ1) is 9.06.